The monoisotopic (exact) mass is 250 g/mol. The first-order valence-electron chi connectivity index (χ1n) is 6.41. The Kier molecular flexibility index (Phi) is 4.01. The fraction of sp³-hybridized carbons (Fsp3) is 0.692. The topological polar surface area (TPSA) is 41.5 Å². The Morgan fingerprint density at radius 3 is 2.78 bits per heavy atom. The zero-order valence-corrected chi connectivity index (χ0v) is 11.7. The summed E-state index contributed by atoms with van der Waals surface area (Å²) in [5, 5.41) is 0. The van der Waals surface area contributed by atoms with Gasteiger partial charge >= 0.3 is 0 Å². The Balaban J connectivity index is 2.09. The Labute approximate surface area is 109 Å². The number of anilines is 2. The number of hydrogen-bond acceptors (Lipinski definition) is 5. The van der Waals surface area contributed by atoms with E-state index in [2.05, 4.69) is 14.9 Å². The number of likely N-dealkylation sites (N-methyl/N-ethyl adjacent to an activating group) is 1. The van der Waals surface area contributed by atoms with Crippen molar-refractivity contribution in [1.82, 2.24) is 9.97 Å². The van der Waals surface area contributed by atoms with Crippen molar-refractivity contribution in [2.45, 2.75) is 25.9 Å². The lowest BCUT2D eigenvalue weighted by Gasteiger charge is -2.22. The quantitative estimate of drug-likeness (QED) is 0.809. The molecule has 1 fully saturated rings. The molecule has 0 aromatic carbocycles. The molecule has 18 heavy (non-hydrogen) atoms. The second-order valence-electron chi connectivity index (χ2n) is 5.09. The zero-order valence-electron chi connectivity index (χ0n) is 11.7. The number of nitrogens with zero attached hydrogens (tertiary/aromatic N) is 4. The van der Waals surface area contributed by atoms with E-state index in [4.69, 9.17) is 4.74 Å². The first kappa shape index (κ1) is 13.1. The minimum absolute atomic E-state index is 0.322. The van der Waals surface area contributed by atoms with Crippen molar-refractivity contribution in [3.8, 4) is 0 Å². The maximum atomic E-state index is 5.64. The molecule has 2 rings (SSSR count). The maximum absolute atomic E-state index is 5.64. The summed E-state index contributed by atoms with van der Waals surface area (Å²) in [6, 6.07) is 0. The van der Waals surface area contributed by atoms with E-state index in [9.17, 15) is 0 Å². The van der Waals surface area contributed by atoms with Gasteiger partial charge in [0.25, 0.3) is 0 Å². The van der Waals surface area contributed by atoms with E-state index in [1.807, 2.05) is 39.2 Å². The summed E-state index contributed by atoms with van der Waals surface area (Å²) >= 11 is 0. The Hall–Kier alpha value is -1.36. The van der Waals surface area contributed by atoms with Crippen LogP contribution >= 0.6 is 0 Å². The third-order valence-corrected chi connectivity index (χ3v) is 3.20. The molecule has 1 atom stereocenters. The average molecular weight is 250 g/mol. The van der Waals surface area contributed by atoms with Gasteiger partial charge in [0, 0.05) is 46.1 Å². The van der Waals surface area contributed by atoms with Crippen molar-refractivity contribution < 1.29 is 4.74 Å². The van der Waals surface area contributed by atoms with E-state index in [0.29, 0.717) is 6.10 Å². The predicted octanol–water partition coefficient (Wildman–Crippen LogP) is 1.47. The molecular formula is C13H22N4O. The van der Waals surface area contributed by atoms with Gasteiger partial charge in [-0.1, -0.05) is 0 Å². The van der Waals surface area contributed by atoms with Crippen LogP contribution in [0.5, 0.6) is 0 Å². The van der Waals surface area contributed by atoms with Crippen LogP contribution in [0.2, 0.25) is 0 Å². The van der Waals surface area contributed by atoms with Crippen molar-refractivity contribution in [2.75, 3.05) is 44.1 Å². The fourth-order valence-electron chi connectivity index (χ4n) is 2.24. The molecule has 0 radical (unpaired) electrons. The average Bonchev–Trinajstić information content (AvgIpc) is 2.81. The molecule has 5 nitrogen and oxygen atoms in total. The van der Waals surface area contributed by atoms with Gasteiger partial charge in [0.05, 0.1) is 6.10 Å². The van der Waals surface area contributed by atoms with Crippen LogP contribution in [0.25, 0.3) is 0 Å². The molecule has 1 aromatic rings. The van der Waals surface area contributed by atoms with Gasteiger partial charge in [-0.15, -0.1) is 0 Å². The summed E-state index contributed by atoms with van der Waals surface area (Å²) in [7, 11) is 6.02. The van der Waals surface area contributed by atoms with E-state index >= 15 is 0 Å². The van der Waals surface area contributed by atoms with Gasteiger partial charge in [-0.25, -0.2) is 4.98 Å². The molecule has 5 heteroatoms. The molecule has 0 unspecified atom stereocenters. The highest BCUT2D eigenvalue weighted by molar-refractivity contribution is 5.48. The lowest BCUT2D eigenvalue weighted by atomic mass is 10.2. The second-order valence-corrected chi connectivity index (χ2v) is 5.09. The molecule has 1 aliphatic heterocycles. The van der Waals surface area contributed by atoms with E-state index in [1.165, 1.54) is 0 Å². The van der Waals surface area contributed by atoms with Crippen LogP contribution in [0.3, 0.4) is 0 Å². The zero-order chi connectivity index (χ0) is 13.1. The van der Waals surface area contributed by atoms with Gasteiger partial charge in [-0.05, 0) is 19.8 Å². The van der Waals surface area contributed by atoms with Crippen LogP contribution in [0.15, 0.2) is 6.20 Å². The molecule has 0 bridgehead atoms. The smallest absolute Gasteiger partial charge is 0.227 e. The van der Waals surface area contributed by atoms with Crippen LogP contribution in [0.1, 0.15) is 18.4 Å². The lowest BCUT2D eigenvalue weighted by molar-refractivity contribution is 0.116. The lowest BCUT2D eigenvalue weighted by Crippen LogP contribution is -2.30. The van der Waals surface area contributed by atoms with Gasteiger partial charge in [0.2, 0.25) is 5.95 Å². The van der Waals surface area contributed by atoms with E-state index in [1.54, 1.807) is 0 Å². The van der Waals surface area contributed by atoms with Crippen molar-refractivity contribution in [3.63, 3.8) is 0 Å². The molecule has 100 valence electrons. The van der Waals surface area contributed by atoms with Gasteiger partial charge in [-0.3, -0.25) is 0 Å². The SMILES string of the molecule is Cc1cnc(N(C)C[C@H]2CCCO2)nc1N(C)C. The molecule has 1 saturated heterocycles. The molecule has 0 spiro atoms. The summed E-state index contributed by atoms with van der Waals surface area (Å²) in [4.78, 5) is 13.1. The minimum Gasteiger partial charge on any atom is -0.376 e. The molecule has 1 aliphatic rings. The third-order valence-electron chi connectivity index (χ3n) is 3.20. The molecule has 2 heterocycles. The fourth-order valence-corrected chi connectivity index (χ4v) is 2.24. The van der Waals surface area contributed by atoms with Crippen molar-refractivity contribution >= 4 is 11.8 Å². The van der Waals surface area contributed by atoms with Crippen LogP contribution in [-0.2, 0) is 4.74 Å². The Morgan fingerprint density at radius 2 is 2.17 bits per heavy atom. The first-order chi connectivity index (χ1) is 8.58. The van der Waals surface area contributed by atoms with Gasteiger partial charge in [-0.2, -0.15) is 4.98 Å². The number of aryl methyl sites for hydroxylation is 1. The summed E-state index contributed by atoms with van der Waals surface area (Å²) < 4.78 is 5.64. The highest BCUT2D eigenvalue weighted by Crippen LogP contribution is 2.19. The molecule has 0 saturated carbocycles. The normalized spacial score (nSPS) is 19.0. The predicted molar refractivity (Wildman–Crippen MR) is 73.3 cm³/mol. The number of hydrogen-bond donors (Lipinski definition) is 0. The summed E-state index contributed by atoms with van der Waals surface area (Å²) in [6.45, 7) is 3.77. The summed E-state index contributed by atoms with van der Waals surface area (Å²) in [5.41, 5.74) is 1.09. The summed E-state index contributed by atoms with van der Waals surface area (Å²) in [5.74, 6) is 1.74. The maximum Gasteiger partial charge on any atom is 0.227 e. The molecule has 0 N–H and O–H groups in total. The Bertz CT molecular complexity index is 402. The first-order valence-corrected chi connectivity index (χ1v) is 6.41. The second kappa shape index (κ2) is 5.52. The van der Waals surface area contributed by atoms with E-state index < -0.39 is 0 Å². The van der Waals surface area contributed by atoms with Gasteiger partial charge < -0.3 is 14.5 Å². The molecule has 0 aliphatic carbocycles. The minimum atomic E-state index is 0.322. The van der Waals surface area contributed by atoms with Crippen molar-refractivity contribution in [2.24, 2.45) is 0 Å². The van der Waals surface area contributed by atoms with Crippen molar-refractivity contribution in [3.05, 3.63) is 11.8 Å². The highest BCUT2D eigenvalue weighted by atomic mass is 16.5. The molecule has 1 aromatic heterocycles. The van der Waals surface area contributed by atoms with Crippen LogP contribution in [0, 0.1) is 6.92 Å². The standard InChI is InChI=1S/C13H22N4O/c1-10-8-14-13(15-12(10)16(2)3)17(4)9-11-6-5-7-18-11/h8,11H,5-7,9H2,1-4H3/t11-/m1/s1. The third kappa shape index (κ3) is 2.90. The number of aromatic nitrogens is 2. The van der Waals surface area contributed by atoms with Crippen LogP contribution in [0.4, 0.5) is 11.8 Å². The number of ether oxygens (including phenoxy) is 1. The van der Waals surface area contributed by atoms with Gasteiger partial charge in [0.1, 0.15) is 5.82 Å². The van der Waals surface area contributed by atoms with Crippen molar-refractivity contribution in [1.29, 1.82) is 0 Å². The summed E-state index contributed by atoms with van der Waals surface area (Å²) in [6.07, 6.45) is 4.50. The number of rotatable bonds is 4. The van der Waals surface area contributed by atoms with Gasteiger partial charge in [0.15, 0.2) is 0 Å². The molecule has 0 amide bonds. The Morgan fingerprint density at radius 1 is 1.39 bits per heavy atom. The van der Waals surface area contributed by atoms with E-state index in [-0.39, 0.29) is 0 Å². The largest absolute Gasteiger partial charge is 0.376 e. The van der Waals surface area contributed by atoms with Crippen LogP contribution < -0.4 is 9.80 Å². The highest BCUT2D eigenvalue weighted by Gasteiger charge is 2.19. The van der Waals surface area contributed by atoms with E-state index in [0.717, 1.165) is 43.3 Å². The van der Waals surface area contributed by atoms with Crippen LogP contribution in [-0.4, -0.2) is 50.4 Å². The molecular weight excluding hydrogens is 228 g/mol.